The largest absolute Gasteiger partial charge is 0.388 e. The topological polar surface area (TPSA) is 77.0 Å². The molecule has 3 N–H and O–H groups in total. The van der Waals surface area contributed by atoms with Crippen LogP contribution in [-0.4, -0.2) is 60.7 Å². The second-order valence-electron chi connectivity index (χ2n) is 6.81. The van der Waals surface area contributed by atoms with Crippen molar-refractivity contribution >= 4 is 11.9 Å². The molecule has 6 nitrogen and oxygen atoms in total. The van der Waals surface area contributed by atoms with Gasteiger partial charge in [0.05, 0.1) is 5.60 Å². The van der Waals surface area contributed by atoms with Gasteiger partial charge in [-0.05, 0) is 25.7 Å². The highest BCUT2D eigenvalue weighted by Gasteiger charge is 2.42. The first-order valence-corrected chi connectivity index (χ1v) is 8.40. The minimum Gasteiger partial charge on any atom is -0.388 e. The number of carbonyl (C=O) groups excluding carboxylic acids is 1. The first kappa shape index (κ1) is 17.1. The van der Waals surface area contributed by atoms with Crippen LogP contribution in [0.1, 0.15) is 46.0 Å². The Morgan fingerprint density at radius 3 is 2.77 bits per heavy atom. The number of aliphatic hydroxyl groups is 1. The van der Waals surface area contributed by atoms with Gasteiger partial charge in [0, 0.05) is 45.1 Å². The van der Waals surface area contributed by atoms with Crippen molar-refractivity contribution in [2.75, 3.05) is 33.2 Å². The fourth-order valence-corrected chi connectivity index (χ4v) is 3.50. The molecule has 0 aliphatic carbocycles. The number of aliphatic imine (C=N–C) groups is 1. The van der Waals surface area contributed by atoms with Crippen molar-refractivity contribution in [1.29, 1.82) is 0 Å². The molecule has 2 saturated heterocycles. The molecule has 0 aromatic rings. The molecule has 2 heterocycles. The van der Waals surface area contributed by atoms with Crippen molar-refractivity contribution in [3.8, 4) is 0 Å². The average molecular weight is 310 g/mol. The highest BCUT2D eigenvalue weighted by atomic mass is 16.3. The summed E-state index contributed by atoms with van der Waals surface area (Å²) in [5.74, 6) is 0.995. The monoisotopic (exact) mass is 310 g/mol. The molecule has 0 aromatic heterocycles. The molecule has 2 fully saturated rings. The highest BCUT2D eigenvalue weighted by Crippen LogP contribution is 2.36. The zero-order chi connectivity index (χ0) is 16.2. The van der Waals surface area contributed by atoms with E-state index in [2.05, 4.69) is 20.5 Å². The maximum Gasteiger partial charge on any atom is 0.220 e. The number of nitrogens with zero attached hydrogens (tertiary/aromatic N) is 2. The predicted molar refractivity (Wildman–Crippen MR) is 87.8 cm³/mol. The lowest BCUT2D eigenvalue weighted by molar-refractivity contribution is -0.119. The van der Waals surface area contributed by atoms with Crippen molar-refractivity contribution in [2.45, 2.75) is 51.6 Å². The lowest BCUT2D eigenvalue weighted by Crippen LogP contribution is -2.53. The number of amides is 1. The Morgan fingerprint density at radius 2 is 2.23 bits per heavy atom. The number of rotatable bonds is 4. The van der Waals surface area contributed by atoms with Crippen molar-refractivity contribution in [2.24, 2.45) is 10.4 Å². The van der Waals surface area contributed by atoms with E-state index >= 15 is 0 Å². The van der Waals surface area contributed by atoms with E-state index in [1.807, 2.05) is 13.8 Å². The molecule has 1 amide bonds. The van der Waals surface area contributed by atoms with E-state index in [1.54, 1.807) is 7.05 Å². The van der Waals surface area contributed by atoms with E-state index in [0.29, 0.717) is 13.0 Å². The molecule has 1 unspecified atom stereocenters. The number of hydrogen-bond acceptors (Lipinski definition) is 3. The van der Waals surface area contributed by atoms with Gasteiger partial charge >= 0.3 is 0 Å². The summed E-state index contributed by atoms with van der Waals surface area (Å²) >= 11 is 0. The Kier molecular flexibility index (Phi) is 5.32. The summed E-state index contributed by atoms with van der Waals surface area (Å²) in [7, 11) is 1.78. The van der Waals surface area contributed by atoms with Gasteiger partial charge in [-0.1, -0.05) is 13.8 Å². The van der Waals surface area contributed by atoms with Gasteiger partial charge in [0.2, 0.25) is 5.91 Å². The van der Waals surface area contributed by atoms with Crippen LogP contribution in [0.3, 0.4) is 0 Å². The molecule has 6 heteroatoms. The van der Waals surface area contributed by atoms with Crippen LogP contribution in [0, 0.1) is 5.41 Å². The number of likely N-dealkylation sites (tertiary alicyclic amines) is 1. The second-order valence-corrected chi connectivity index (χ2v) is 6.81. The van der Waals surface area contributed by atoms with Gasteiger partial charge in [-0.3, -0.25) is 9.79 Å². The van der Waals surface area contributed by atoms with Crippen LogP contribution < -0.4 is 10.6 Å². The third kappa shape index (κ3) is 3.72. The molecule has 2 rings (SSSR count). The normalized spacial score (nSPS) is 26.5. The number of nitrogens with one attached hydrogen (secondary N) is 2. The lowest BCUT2D eigenvalue weighted by atomic mass is 9.79. The van der Waals surface area contributed by atoms with Gasteiger partial charge in [0.25, 0.3) is 0 Å². The zero-order valence-electron chi connectivity index (χ0n) is 14.1. The zero-order valence-corrected chi connectivity index (χ0v) is 14.1. The van der Waals surface area contributed by atoms with Crippen LogP contribution in [0.4, 0.5) is 0 Å². The summed E-state index contributed by atoms with van der Waals surface area (Å²) in [5.41, 5.74) is -0.632. The molecular formula is C16H30N4O2. The van der Waals surface area contributed by atoms with E-state index in [0.717, 1.165) is 51.3 Å². The maximum absolute atomic E-state index is 11.6. The molecular weight excluding hydrogens is 280 g/mol. The summed E-state index contributed by atoms with van der Waals surface area (Å²) in [5, 5.41) is 16.7. The molecule has 2 aliphatic rings. The van der Waals surface area contributed by atoms with Crippen molar-refractivity contribution in [1.82, 2.24) is 15.5 Å². The van der Waals surface area contributed by atoms with Crippen molar-refractivity contribution < 1.29 is 9.90 Å². The fraction of sp³-hybridized carbons (Fsp3) is 0.875. The maximum atomic E-state index is 11.6. The fourth-order valence-electron chi connectivity index (χ4n) is 3.50. The third-order valence-electron chi connectivity index (χ3n) is 5.26. The first-order chi connectivity index (χ1) is 10.5. The number of guanidine groups is 1. The smallest absolute Gasteiger partial charge is 0.220 e. The second kappa shape index (κ2) is 6.86. The Bertz CT molecular complexity index is 434. The quantitative estimate of drug-likeness (QED) is 0.528. The summed E-state index contributed by atoms with van der Waals surface area (Å²) in [6.07, 6.45) is 4.22. The first-order valence-electron chi connectivity index (χ1n) is 8.40. The van der Waals surface area contributed by atoms with Crippen LogP contribution in [0.5, 0.6) is 0 Å². The number of carbonyl (C=O) groups is 1. The van der Waals surface area contributed by atoms with Gasteiger partial charge in [0.15, 0.2) is 5.96 Å². The molecule has 0 aromatic carbocycles. The molecule has 1 spiro atoms. The standard InChI is InChI=1S/C16H30N4O2/c1-4-16(22,5-2)11-19-14(17-3)20-8-6-7-15(12-20)9-13(21)18-10-15/h22H,4-12H2,1-3H3,(H,17,19)(H,18,21). The molecule has 0 saturated carbocycles. The third-order valence-corrected chi connectivity index (χ3v) is 5.26. The van der Waals surface area contributed by atoms with Gasteiger partial charge < -0.3 is 20.6 Å². The molecule has 0 radical (unpaired) electrons. The molecule has 126 valence electrons. The van der Waals surface area contributed by atoms with E-state index in [9.17, 15) is 9.90 Å². The molecule has 1 atom stereocenters. The van der Waals surface area contributed by atoms with Crippen LogP contribution in [0.2, 0.25) is 0 Å². The average Bonchev–Trinajstić information content (AvgIpc) is 2.88. The Morgan fingerprint density at radius 1 is 1.50 bits per heavy atom. The van der Waals surface area contributed by atoms with Crippen LogP contribution in [0.15, 0.2) is 4.99 Å². The Labute approximate surface area is 133 Å². The summed E-state index contributed by atoms with van der Waals surface area (Å²) in [6, 6.07) is 0. The Hall–Kier alpha value is -1.30. The van der Waals surface area contributed by atoms with E-state index in [4.69, 9.17) is 0 Å². The summed E-state index contributed by atoms with van der Waals surface area (Å²) < 4.78 is 0. The lowest BCUT2D eigenvalue weighted by Gasteiger charge is -2.41. The van der Waals surface area contributed by atoms with Crippen molar-refractivity contribution in [3.63, 3.8) is 0 Å². The molecule has 2 aliphatic heterocycles. The predicted octanol–water partition coefficient (Wildman–Crippen LogP) is 0.715. The van der Waals surface area contributed by atoms with Gasteiger partial charge in [0.1, 0.15) is 0 Å². The van der Waals surface area contributed by atoms with Gasteiger partial charge in [-0.15, -0.1) is 0 Å². The summed E-state index contributed by atoms with van der Waals surface area (Å²) in [4.78, 5) is 18.2. The van der Waals surface area contributed by atoms with Gasteiger partial charge in [-0.2, -0.15) is 0 Å². The summed E-state index contributed by atoms with van der Waals surface area (Å²) in [6.45, 7) is 7.08. The minimum atomic E-state index is -0.686. The van der Waals surface area contributed by atoms with Gasteiger partial charge in [-0.25, -0.2) is 0 Å². The van der Waals surface area contributed by atoms with E-state index < -0.39 is 5.60 Å². The van der Waals surface area contributed by atoms with E-state index in [-0.39, 0.29) is 11.3 Å². The minimum absolute atomic E-state index is 0.0543. The van der Waals surface area contributed by atoms with Crippen LogP contribution >= 0.6 is 0 Å². The SMILES string of the molecule is CCC(O)(CC)CNC(=NC)N1CCCC2(CNC(=O)C2)C1. The molecule has 0 bridgehead atoms. The number of hydrogen-bond donors (Lipinski definition) is 3. The number of piperidine rings is 1. The molecule has 22 heavy (non-hydrogen) atoms. The van der Waals surface area contributed by atoms with Crippen LogP contribution in [0.25, 0.3) is 0 Å². The van der Waals surface area contributed by atoms with E-state index in [1.165, 1.54) is 0 Å². The Balaban J connectivity index is 1.97. The highest BCUT2D eigenvalue weighted by molar-refractivity contribution is 5.81. The van der Waals surface area contributed by atoms with Crippen molar-refractivity contribution in [3.05, 3.63) is 0 Å². The van der Waals surface area contributed by atoms with Crippen LogP contribution in [-0.2, 0) is 4.79 Å².